The summed E-state index contributed by atoms with van der Waals surface area (Å²) in [6, 6.07) is 0.820. The summed E-state index contributed by atoms with van der Waals surface area (Å²) in [5, 5.41) is 12.6. The van der Waals surface area contributed by atoms with E-state index < -0.39 is 0 Å². The minimum Gasteiger partial charge on any atom is -0.393 e. The van der Waals surface area contributed by atoms with Crippen LogP contribution in [0.1, 0.15) is 33.6 Å². The number of hydrogen-bond donors (Lipinski definition) is 2. The number of aliphatic hydroxyl groups excluding tert-OH is 1. The Labute approximate surface area is 81.5 Å². The third-order valence-electron chi connectivity index (χ3n) is 2.02. The summed E-state index contributed by atoms with van der Waals surface area (Å²) in [6.07, 6.45) is 1.59. The molecule has 0 aliphatic rings. The van der Waals surface area contributed by atoms with Gasteiger partial charge < -0.3 is 15.2 Å². The lowest BCUT2D eigenvalue weighted by Crippen LogP contribution is -2.36. The largest absolute Gasteiger partial charge is 0.393 e. The van der Waals surface area contributed by atoms with Gasteiger partial charge in [-0.25, -0.2) is 0 Å². The molecule has 13 heavy (non-hydrogen) atoms. The van der Waals surface area contributed by atoms with Crippen molar-refractivity contribution in [2.24, 2.45) is 0 Å². The van der Waals surface area contributed by atoms with Gasteiger partial charge in [0.25, 0.3) is 0 Å². The number of methoxy groups -OCH3 is 1. The lowest BCUT2D eigenvalue weighted by molar-refractivity contribution is 0.160. The summed E-state index contributed by atoms with van der Waals surface area (Å²) in [6.45, 7) is 6.83. The summed E-state index contributed by atoms with van der Waals surface area (Å²) < 4.78 is 4.99. The second-order valence-electron chi connectivity index (χ2n) is 3.83. The molecule has 2 N–H and O–H groups in total. The van der Waals surface area contributed by atoms with Crippen LogP contribution in [0.25, 0.3) is 0 Å². The van der Waals surface area contributed by atoms with Crippen LogP contribution >= 0.6 is 0 Å². The maximum atomic E-state index is 9.15. The van der Waals surface area contributed by atoms with Gasteiger partial charge in [0.1, 0.15) is 0 Å². The van der Waals surface area contributed by atoms with Crippen molar-refractivity contribution < 1.29 is 9.84 Å². The third-order valence-corrected chi connectivity index (χ3v) is 2.02. The lowest BCUT2D eigenvalue weighted by atomic mass is 10.1. The van der Waals surface area contributed by atoms with E-state index in [4.69, 9.17) is 9.84 Å². The lowest BCUT2D eigenvalue weighted by Gasteiger charge is -2.20. The predicted molar refractivity (Wildman–Crippen MR) is 54.9 cm³/mol. The van der Waals surface area contributed by atoms with Gasteiger partial charge in [-0.2, -0.15) is 0 Å². The van der Waals surface area contributed by atoms with Gasteiger partial charge in [0, 0.05) is 25.8 Å². The first-order valence-corrected chi connectivity index (χ1v) is 4.99. The molecule has 0 aromatic carbocycles. The van der Waals surface area contributed by atoms with Gasteiger partial charge in [0.05, 0.1) is 6.10 Å². The summed E-state index contributed by atoms with van der Waals surface area (Å²) in [7, 11) is 1.71. The van der Waals surface area contributed by atoms with Gasteiger partial charge in [-0.05, 0) is 33.6 Å². The zero-order valence-corrected chi connectivity index (χ0v) is 9.21. The van der Waals surface area contributed by atoms with Gasteiger partial charge in [-0.3, -0.25) is 0 Å². The van der Waals surface area contributed by atoms with E-state index in [9.17, 15) is 0 Å². The van der Waals surface area contributed by atoms with Crippen LogP contribution < -0.4 is 5.32 Å². The maximum absolute atomic E-state index is 9.15. The normalized spacial score (nSPS) is 18.2. The van der Waals surface area contributed by atoms with Crippen molar-refractivity contribution in [2.45, 2.75) is 51.8 Å². The van der Waals surface area contributed by atoms with Crippen LogP contribution in [0.3, 0.4) is 0 Å². The molecule has 0 bridgehead atoms. The van der Waals surface area contributed by atoms with E-state index in [0.717, 1.165) is 19.4 Å². The molecule has 0 radical (unpaired) electrons. The van der Waals surface area contributed by atoms with Gasteiger partial charge in [-0.15, -0.1) is 0 Å². The van der Waals surface area contributed by atoms with Crippen LogP contribution in [-0.2, 0) is 4.74 Å². The SMILES string of the molecule is COCCC(C)NC(C)CC(C)O. The average Bonchev–Trinajstić information content (AvgIpc) is 1.98. The van der Waals surface area contributed by atoms with Crippen molar-refractivity contribution in [2.75, 3.05) is 13.7 Å². The zero-order chi connectivity index (χ0) is 10.3. The number of aliphatic hydroxyl groups is 1. The van der Waals surface area contributed by atoms with E-state index in [-0.39, 0.29) is 6.10 Å². The Balaban J connectivity index is 3.46. The molecule has 0 amide bonds. The molecule has 0 aliphatic carbocycles. The summed E-state index contributed by atoms with van der Waals surface area (Å²) in [5.74, 6) is 0. The number of hydrogen-bond acceptors (Lipinski definition) is 3. The van der Waals surface area contributed by atoms with Crippen molar-refractivity contribution in [3.05, 3.63) is 0 Å². The Hall–Kier alpha value is -0.120. The highest BCUT2D eigenvalue weighted by molar-refractivity contribution is 4.69. The van der Waals surface area contributed by atoms with Crippen molar-refractivity contribution in [3.8, 4) is 0 Å². The van der Waals surface area contributed by atoms with Gasteiger partial charge in [0.2, 0.25) is 0 Å². The van der Waals surface area contributed by atoms with E-state index in [1.807, 2.05) is 6.92 Å². The highest BCUT2D eigenvalue weighted by Gasteiger charge is 2.08. The minimum absolute atomic E-state index is 0.225. The first-order valence-electron chi connectivity index (χ1n) is 4.99. The van der Waals surface area contributed by atoms with Crippen molar-refractivity contribution in [3.63, 3.8) is 0 Å². The highest BCUT2D eigenvalue weighted by atomic mass is 16.5. The molecular weight excluding hydrogens is 166 g/mol. The van der Waals surface area contributed by atoms with E-state index in [0.29, 0.717) is 12.1 Å². The van der Waals surface area contributed by atoms with Crippen LogP contribution in [0.4, 0.5) is 0 Å². The number of nitrogens with one attached hydrogen (secondary N) is 1. The Kier molecular flexibility index (Phi) is 7.23. The quantitative estimate of drug-likeness (QED) is 0.631. The summed E-state index contributed by atoms with van der Waals surface area (Å²) in [5.41, 5.74) is 0. The van der Waals surface area contributed by atoms with Crippen LogP contribution in [0, 0.1) is 0 Å². The first kappa shape index (κ1) is 12.9. The monoisotopic (exact) mass is 189 g/mol. The maximum Gasteiger partial charge on any atom is 0.0526 e. The molecule has 3 unspecified atom stereocenters. The molecule has 0 aliphatic heterocycles. The van der Waals surface area contributed by atoms with Crippen molar-refractivity contribution in [1.82, 2.24) is 5.32 Å². The summed E-state index contributed by atoms with van der Waals surface area (Å²) >= 11 is 0. The standard InChI is InChI=1S/C10H23NO2/c1-8(5-6-13-4)11-9(2)7-10(3)12/h8-12H,5-7H2,1-4H3. The molecule has 0 aromatic heterocycles. The fourth-order valence-electron chi connectivity index (χ4n) is 1.44. The second kappa shape index (κ2) is 7.30. The Morgan fingerprint density at radius 3 is 2.31 bits per heavy atom. The molecule has 0 saturated carbocycles. The molecular formula is C10H23NO2. The van der Waals surface area contributed by atoms with Crippen molar-refractivity contribution in [1.29, 1.82) is 0 Å². The van der Waals surface area contributed by atoms with Gasteiger partial charge in [-0.1, -0.05) is 0 Å². The summed E-state index contributed by atoms with van der Waals surface area (Å²) in [4.78, 5) is 0. The first-order chi connectivity index (χ1) is 6.06. The Morgan fingerprint density at radius 2 is 1.85 bits per heavy atom. The van der Waals surface area contributed by atoms with Gasteiger partial charge >= 0.3 is 0 Å². The molecule has 0 saturated heterocycles. The molecule has 0 fully saturated rings. The van der Waals surface area contributed by atoms with Crippen LogP contribution in [0.15, 0.2) is 0 Å². The van der Waals surface area contributed by atoms with E-state index in [2.05, 4.69) is 19.2 Å². The van der Waals surface area contributed by atoms with Crippen LogP contribution in [0.5, 0.6) is 0 Å². The smallest absolute Gasteiger partial charge is 0.0526 e. The van der Waals surface area contributed by atoms with E-state index in [1.165, 1.54) is 0 Å². The Morgan fingerprint density at radius 1 is 1.23 bits per heavy atom. The molecule has 0 rings (SSSR count). The second-order valence-corrected chi connectivity index (χ2v) is 3.83. The topological polar surface area (TPSA) is 41.5 Å². The minimum atomic E-state index is -0.225. The third kappa shape index (κ3) is 8.22. The predicted octanol–water partition coefficient (Wildman–Crippen LogP) is 1.16. The molecule has 3 heteroatoms. The number of ether oxygens (including phenoxy) is 1. The van der Waals surface area contributed by atoms with E-state index >= 15 is 0 Å². The van der Waals surface area contributed by atoms with Crippen LogP contribution in [0.2, 0.25) is 0 Å². The molecule has 3 atom stereocenters. The zero-order valence-electron chi connectivity index (χ0n) is 9.21. The van der Waals surface area contributed by atoms with Gasteiger partial charge in [0.15, 0.2) is 0 Å². The average molecular weight is 189 g/mol. The van der Waals surface area contributed by atoms with Crippen LogP contribution in [-0.4, -0.2) is 37.0 Å². The molecule has 0 aromatic rings. The number of rotatable bonds is 7. The van der Waals surface area contributed by atoms with Crippen molar-refractivity contribution >= 4 is 0 Å². The highest BCUT2D eigenvalue weighted by Crippen LogP contribution is 2.00. The van der Waals surface area contributed by atoms with E-state index in [1.54, 1.807) is 7.11 Å². The fourth-order valence-corrected chi connectivity index (χ4v) is 1.44. The Bertz CT molecular complexity index is 117. The fraction of sp³-hybridized carbons (Fsp3) is 1.00. The molecule has 3 nitrogen and oxygen atoms in total. The molecule has 0 heterocycles. The molecule has 80 valence electrons. The molecule has 0 spiro atoms.